The molecule has 0 spiro atoms. The summed E-state index contributed by atoms with van der Waals surface area (Å²) in [5, 5.41) is 4.62. The molecule has 148 valence electrons. The molecule has 2 bridgehead atoms. The lowest BCUT2D eigenvalue weighted by Gasteiger charge is -2.34. The highest BCUT2D eigenvalue weighted by Crippen LogP contribution is 2.63. The number of benzene rings is 1. The summed E-state index contributed by atoms with van der Waals surface area (Å²) >= 11 is 0. The second-order valence-corrected chi connectivity index (χ2v) is 9.45. The summed E-state index contributed by atoms with van der Waals surface area (Å²) < 4.78 is 2.13. The first-order chi connectivity index (χ1) is 13.1. The molecule has 1 N–H and O–H groups in total. The molecule has 28 heavy (non-hydrogen) atoms. The Morgan fingerprint density at radius 3 is 2.39 bits per heavy atom. The van der Waals surface area contributed by atoms with Crippen molar-refractivity contribution in [3.63, 3.8) is 0 Å². The maximum atomic E-state index is 12.9. The average molecular weight is 378 g/mol. The molecule has 2 saturated carbocycles. The van der Waals surface area contributed by atoms with Crippen LogP contribution in [0.3, 0.4) is 0 Å². The Morgan fingerprint density at radius 1 is 1.14 bits per heavy atom. The van der Waals surface area contributed by atoms with Crippen molar-refractivity contribution >= 4 is 11.6 Å². The Bertz CT molecular complexity index is 964. The molecule has 1 heterocycles. The van der Waals surface area contributed by atoms with Crippen molar-refractivity contribution in [2.45, 2.75) is 60.8 Å². The van der Waals surface area contributed by atoms with Crippen LogP contribution in [0.2, 0.25) is 0 Å². The highest BCUT2D eigenvalue weighted by molar-refractivity contribution is 5.99. The number of carbonyl (C=O) groups is 1. The van der Waals surface area contributed by atoms with Crippen LogP contribution in [0.4, 0.5) is 0 Å². The van der Waals surface area contributed by atoms with Gasteiger partial charge >= 0.3 is 0 Å². The van der Waals surface area contributed by atoms with E-state index in [1.165, 1.54) is 18.4 Å². The molecule has 2 aliphatic rings. The van der Waals surface area contributed by atoms with Crippen molar-refractivity contribution < 1.29 is 4.79 Å². The van der Waals surface area contributed by atoms with Gasteiger partial charge in [0.25, 0.3) is 5.91 Å². The highest BCUT2D eigenvalue weighted by Gasteiger charge is 2.60. The Balaban J connectivity index is 1.59. The first kappa shape index (κ1) is 19.0. The normalized spacial score (nSPS) is 26.8. The molecule has 0 radical (unpaired) electrons. The van der Waals surface area contributed by atoms with Crippen LogP contribution in [0, 0.1) is 37.5 Å². The summed E-state index contributed by atoms with van der Waals surface area (Å²) in [4.78, 5) is 12.9. The monoisotopic (exact) mass is 377 g/mol. The number of amides is 1. The zero-order valence-electron chi connectivity index (χ0n) is 17.9. The maximum absolute atomic E-state index is 12.9. The van der Waals surface area contributed by atoms with Crippen molar-refractivity contribution in [1.29, 1.82) is 0 Å². The summed E-state index contributed by atoms with van der Waals surface area (Å²) in [5.41, 5.74) is 9.37. The molecule has 2 aliphatic carbocycles. The predicted molar refractivity (Wildman–Crippen MR) is 114 cm³/mol. The van der Waals surface area contributed by atoms with E-state index < -0.39 is 0 Å². The average Bonchev–Trinajstić information content (AvgIpc) is 3.14. The van der Waals surface area contributed by atoms with E-state index in [4.69, 9.17) is 0 Å². The Kier molecular flexibility index (Phi) is 4.29. The second-order valence-electron chi connectivity index (χ2n) is 9.45. The van der Waals surface area contributed by atoms with Crippen LogP contribution in [0.5, 0.6) is 0 Å². The number of aromatic nitrogens is 1. The van der Waals surface area contributed by atoms with E-state index in [-0.39, 0.29) is 16.7 Å². The van der Waals surface area contributed by atoms with Gasteiger partial charge in [0.1, 0.15) is 0 Å². The molecule has 4 nitrogen and oxygen atoms in total. The van der Waals surface area contributed by atoms with E-state index in [9.17, 15) is 4.79 Å². The Morgan fingerprint density at radius 2 is 1.82 bits per heavy atom. The molecule has 2 atom stereocenters. The molecule has 1 amide bonds. The van der Waals surface area contributed by atoms with Gasteiger partial charge in [-0.2, -0.15) is 5.10 Å². The van der Waals surface area contributed by atoms with Crippen molar-refractivity contribution in [3.8, 4) is 5.69 Å². The zero-order chi connectivity index (χ0) is 20.3. The van der Waals surface area contributed by atoms with Gasteiger partial charge in [0.2, 0.25) is 0 Å². The number of hydrogen-bond acceptors (Lipinski definition) is 2. The molecular formula is C24H31N3O. The SMILES string of the molecule is Cc1ccc(-n2c(C)cc(C(=O)NN=C3CC4CCC3(C)C4(C)C)c2C)cc1. The minimum Gasteiger partial charge on any atom is -0.318 e. The van der Waals surface area contributed by atoms with Gasteiger partial charge in [0.05, 0.1) is 5.56 Å². The standard InChI is InChI=1S/C24H31N3O/c1-15-7-9-19(10-8-15)27-16(2)13-20(17(27)3)22(28)26-25-21-14-18-11-12-24(21,6)23(18,4)5/h7-10,13,18H,11-12,14H2,1-6H3,(H,26,28). The summed E-state index contributed by atoms with van der Waals surface area (Å²) in [5.74, 6) is 0.558. The number of hydrazone groups is 1. The molecule has 4 heteroatoms. The van der Waals surface area contributed by atoms with E-state index in [1.807, 2.05) is 19.9 Å². The lowest BCUT2D eigenvalue weighted by Crippen LogP contribution is -2.34. The molecule has 0 saturated heterocycles. The fourth-order valence-electron chi connectivity index (χ4n) is 5.36. The molecule has 2 unspecified atom stereocenters. The van der Waals surface area contributed by atoms with Crippen LogP contribution in [0.25, 0.3) is 5.69 Å². The van der Waals surface area contributed by atoms with E-state index in [2.05, 4.69) is 67.1 Å². The smallest absolute Gasteiger partial charge is 0.273 e. The number of fused-ring (bicyclic) bond motifs is 2. The van der Waals surface area contributed by atoms with Crippen LogP contribution in [-0.4, -0.2) is 16.2 Å². The molecule has 1 aromatic carbocycles. The van der Waals surface area contributed by atoms with Crippen molar-refractivity contribution in [3.05, 3.63) is 52.8 Å². The number of nitrogens with one attached hydrogen (secondary N) is 1. The molecule has 0 aliphatic heterocycles. The lowest BCUT2D eigenvalue weighted by atomic mass is 9.70. The minimum absolute atomic E-state index is 0.101. The van der Waals surface area contributed by atoms with Crippen LogP contribution < -0.4 is 5.43 Å². The largest absolute Gasteiger partial charge is 0.318 e. The topological polar surface area (TPSA) is 46.4 Å². The van der Waals surface area contributed by atoms with E-state index in [1.54, 1.807) is 0 Å². The third-order valence-corrected chi connectivity index (χ3v) is 7.77. The summed E-state index contributed by atoms with van der Waals surface area (Å²) in [6.07, 6.45) is 3.45. The van der Waals surface area contributed by atoms with E-state index in [0.717, 1.165) is 29.2 Å². The molecular weight excluding hydrogens is 346 g/mol. The summed E-state index contributed by atoms with van der Waals surface area (Å²) in [6, 6.07) is 10.3. The Hall–Kier alpha value is -2.36. The predicted octanol–water partition coefficient (Wildman–Crippen LogP) is 5.33. The fourth-order valence-corrected chi connectivity index (χ4v) is 5.36. The number of nitrogens with zero attached hydrogens (tertiary/aromatic N) is 2. The summed E-state index contributed by atoms with van der Waals surface area (Å²) in [7, 11) is 0. The van der Waals surface area contributed by atoms with Gasteiger partial charge in [-0.05, 0) is 69.6 Å². The minimum atomic E-state index is -0.122. The van der Waals surface area contributed by atoms with Gasteiger partial charge < -0.3 is 4.57 Å². The third kappa shape index (κ3) is 2.65. The van der Waals surface area contributed by atoms with Crippen LogP contribution in [0.15, 0.2) is 35.4 Å². The first-order valence-electron chi connectivity index (χ1n) is 10.3. The quantitative estimate of drug-likeness (QED) is 0.722. The number of carbonyl (C=O) groups excluding carboxylic acids is 1. The Labute approximate surface area is 168 Å². The molecule has 4 rings (SSSR count). The number of hydrogen-bond donors (Lipinski definition) is 1. The van der Waals surface area contributed by atoms with Crippen LogP contribution >= 0.6 is 0 Å². The van der Waals surface area contributed by atoms with Gasteiger partial charge in [0.15, 0.2) is 0 Å². The second kappa shape index (κ2) is 6.33. The van der Waals surface area contributed by atoms with Crippen molar-refractivity contribution in [1.82, 2.24) is 9.99 Å². The van der Waals surface area contributed by atoms with Gasteiger partial charge in [-0.15, -0.1) is 0 Å². The van der Waals surface area contributed by atoms with Gasteiger partial charge in [0, 0.05) is 28.2 Å². The number of aryl methyl sites for hydroxylation is 2. The van der Waals surface area contributed by atoms with Gasteiger partial charge in [-0.3, -0.25) is 4.79 Å². The fraction of sp³-hybridized carbons (Fsp3) is 0.500. The van der Waals surface area contributed by atoms with Crippen molar-refractivity contribution in [2.24, 2.45) is 21.8 Å². The lowest BCUT2D eigenvalue weighted by molar-refractivity contribution is 0.0953. The maximum Gasteiger partial charge on any atom is 0.273 e. The van der Waals surface area contributed by atoms with Crippen LogP contribution in [0.1, 0.15) is 67.3 Å². The van der Waals surface area contributed by atoms with E-state index >= 15 is 0 Å². The van der Waals surface area contributed by atoms with Crippen LogP contribution in [-0.2, 0) is 0 Å². The zero-order valence-corrected chi connectivity index (χ0v) is 17.9. The van der Waals surface area contributed by atoms with Gasteiger partial charge in [-0.25, -0.2) is 5.43 Å². The molecule has 2 aromatic rings. The van der Waals surface area contributed by atoms with Crippen molar-refractivity contribution in [2.75, 3.05) is 0 Å². The molecule has 2 fully saturated rings. The highest BCUT2D eigenvalue weighted by atomic mass is 16.2. The first-order valence-corrected chi connectivity index (χ1v) is 10.3. The number of rotatable bonds is 3. The van der Waals surface area contributed by atoms with E-state index in [0.29, 0.717) is 11.5 Å². The van der Waals surface area contributed by atoms with Gasteiger partial charge in [-0.1, -0.05) is 38.5 Å². The molecule has 1 aromatic heterocycles. The third-order valence-electron chi connectivity index (χ3n) is 7.77. The summed E-state index contributed by atoms with van der Waals surface area (Å²) in [6.45, 7) is 13.1.